The van der Waals surface area contributed by atoms with Gasteiger partial charge in [-0.3, -0.25) is 4.79 Å². The van der Waals surface area contributed by atoms with Crippen LogP contribution in [0.1, 0.15) is 34.1 Å². The highest BCUT2D eigenvalue weighted by atomic mass is 16.6. The predicted octanol–water partition coefficient (Wildman–Crippen LogP) is 1.14. The molecule has 6 nitrogen and oxygen atoms in total. The number of nitrogens with two attached hydrogens (primary N) is 1. The summed E-state index contributed by atoms with van der Waals surface area (Å²) in [5, 5.41) is 0. The molecule has 2 N–H and O–H groups in total. The Morgan fingerprint density at radius 3 is 2.32 bits per heavy atom. The summed E-state index contributed by atoms with van der Waals surface area (Å²) >= 11 is 0. The Hall–Kier alpha value is -1.30. The number of hydrogen-bond acceptors (Lipinski definition) is 5. The SMILES string of the molecule is CCOC(=O)CC1(CN)CN(C(=O)OC(C)(C)C)C1. The number of ether oxygens (including phenoxy) is 2. The molecule has 0 aromatic carbocycles. The van der Waals surface area contributed by atoms with E-state index in [9.17, 15) is 9.59 Å². The van der Waals surface area contributed by atoms with E-state index in [0.29, 0.717) is 26.2 Å². The molecule has 0 atom stereocenters. The molecule has 0 saturated carbocycles. The van der Waals surface area contributed by atoms with Crippen molar-refractivity contribution in [3.05, 3.63) is 0 Å². The summed E-state index contributed by atoms with van der Waals surface area (Å²) in [5.74, 6) is -0.267. The molecule has 1 fully saturated rings. The smallest absolute Gasteiger partial charge is 0.410 e. The summed E-state index contributed by atoms with van der Waals surface area (Å²) < 4.78 is 10.2. The Bertz CT molecular complexity index is 343. The van der Waals surface area contributed by atoms with Gasteiger partial charge in [0.25, 0.3) is 0 Å². The Balaban J connectivity index is 2.48. The van der Waals surface area contributed by atoms with Gasteiger partial charge >= 0.3 is 12.1 Å². The zero-order chi connectivity index (χ0) is 14.7. The lowest BCUT2D eigenvalue weighted by molar-refractivity contribution is -0.149. The number of likely N-dealkylation sites (tertiary alicyclic amines) is 1. The van der Waals surface area contributed by atoms with Crippen molar-refractivity contribution >= 4 is 12.1 Å². The molecule has 1 amide bonds. The molecule has 0 aromatic heterocycles. The van der Waals surface area contributed by atoms with Gasteiger partial charge in [-0.2, -0.15) is 0 Å². The van der Waals surface area contributed by atoms with E-state index >= 15 is 0 Å². The van der Waals surface area contributed by atoms with Crippen LogP contribution >= 0.6 is 0 Å². The number of carbonyl (C=O) groups excluding carboxylic acids is 2. The van der Waals surface area contributed by atoms with Crippen LogP contribution in [0.25, 0.3) is 0 Å². The Labute approximate surface area is 114 Å². The van der Waals surface area contributed by atoms with E-state index in [1.165, 1.54) is 0 Å². The monoisotopic (exact) mass is 272 g/mol. The number of esters is 1. The molecule has 0 aromatic rings. The van der Waals surface area contributed by atoms with Gasteiger partial charge in [-0.1, -0.05) is 0 Å². The van der Waals surface area contributed by atoms with E-state index in [0.717, 1.165) is 0 Å². The lowest BCUT2D eigenvalue weighted by atomic mass is 9.77. The van der Waals surface area contributed by atoms with Crippen molar-refractivity contribution in [2.24, 2.45) is 11.1 Å². The number of amides is 1. The van der Waals surface area contributed by atoms with Crippen molar-refractivity contribution in [2.75, 3.05) is 26.2 Å². The van der Waals surface area contributed by atoms with E-state index in [1.807, 2.05) is 20.8 Å². The highest BCUT2D eigenvalue weighted by Gasteiger charge is 2.47. The van der Waals surface area contributed by atoms with Gasteiger partial charge in [-0.15, -0.1) is 0 Å². The molecular weight excluding hydrogens is 248 g/mol. The molecular formula is C13H24N2O4. The van der Waals surface area contributed by atoms with Crippen LogP contribution in [0.3, 0.4) is 0 Å². The van der Waals surface area contributed by atoms with Gasteiger partial charge in [0.1, 0.15) is 5.60 Å². The molecule has 1 saturated heterocycles. The van der Waals surface area contributed by atoms with E-state index < -0.39 is 5.60 Å². The average molecular weight is 272 g/mol. The van der Waals surface area contributed by atoms with Crippen LogP contribution in [0.15, 0.2) is 0 Å². The summed E-state index contributed by atoms with van der Waals surface area (Å²) in [6.45, 7) is 8.81. The molecule has 0 spiro atoms. The van der Waals surface area contributed by atoms with Crippen molar-refractivity contribution in [3.8, 4) is 0 Å². The van der Waals surface area contributed by atoms with Crippen molar-refractivity contribution in [1.82, 2.24) is 4.90 Å². The Kier molecular flexibility index (Phi) is 4.79. The van der Waals surface area contributed by atoms with Crippen LogP contribution in [0.2, 0.25) is 0 Å². The molecule has 1 heterocycles. The number of nitrogens with zero attached hydrogens (tertiary/aromatic N) is 1. The Morgan fingerprint density at radius 2 is 1.89 bits per heavy atom. The van der Waals surface area contributed by atoms with Crippen LogP contribution in [-0.2, 0) is 14.3 Å². The maximum absolute atomic E-state index is 11.8. The number of carbonyl (C=O) groups is 2. The third-order valence-corrected chi connectivity index (χ3v) is 2.96. The lowest BCUT2D eigenvalue weighted by Gasteiger charge is -2.48. The molecule has 0 aliphatic carbocycles. The predicted molar refractivity (Wildman–Crippen MR) is 70.5 cm³/mol. The standard InChI is InChI=1S/C13H24N2O4/c1-5-18-10(16)6-13(7-14)8-15(9-13)11(17)19-12(2,3)4/h5-9,14H2,1-4H3. The van der Waals surface area contributed by atoms with Crippen LogP contribution in [0.4, 0.5) is 4.79 Å². The van der Waals surface area contributed by atoms with E-state index in [2.05, 4.69) is 0 Å². The quantitative estimate of drug-likeness (QED) is 0.776. The highest BCUT2D eigenvalue weighted by molar-refractivity contribution is 5.73. The number of rotatable bonds is 4. The van der Waals surface area contributed by atoms with Gasteiger partial charge in [0, 0.05) is 25.0 Å². The molecule has 0 unspecified atom stereocenters. The van der Waals surface area contributed by atoms with Crippen molar-refractivity contribution < 1.29 is 19.1 Å². The van der Waals surface area contributed by atoms with Crippen LogP contribution < -0.4 is 5.73 Å². The fraction of sp³-hybridized carbons (Fsp3) is 0.846. The minimum absolute atomic E-state index is 0.247. The summed E-state index contributed by atoms with van der Waals surface area (Å²) in [5.41, 5.74) is 4.84. The van der Waals surface area contributed by atoms with Gasteiger partial charge in [-0.25, -0.2) is 4.79 Å². The van der Waals surface area contributed by atoms with Crippen LogP contribution in [0.5, 0.6) is 0 Å². The zero-order valence-corrected chi connectivity index (χ0v) is 12.2. The van der Waals surface area contributed by atoms with Gasteiger partial charge in [0.05, 0.1) is 13.0 Å². The first kappa shape index (κ1) is 15.8. The topological polar surface area (TPSA) is 81.9 Å². The van der Waals surface area contributed by atoms with E-state index in [4.69, 9.17) is 15.2 Å². The summed E-state index contributed by atoms with van der Waals surface area (Å²) in [6, 6.07) is 0. The molecule has 1 rings (SSSR count). The maximum atomic E-state index is 11.8. The molecule has 0 radical (unpaired) electrons. The second-order valence-electron chi connectivity index (χ2n) is 6.02. The van der Waals surface area contributed by atoms with Gasteiger partial charge in [0.15, 0.2) is 0 Å². The van der Waals surface area contributed by atoms with Gasteiger partial charge < -0.3 is 20.1 Å². The summed E-state index contributed by atoms with van der Waals surface area (Å²) in [7, 11) is 0. The molecule has 0 bridgehead atoms. The van der Waals surface area contributed by atoms with Gasteiger partial charge in [-0.05, 0) is 27.7 Å². The van der Waals surface area contributed by atoms with Crippen molar-refractivity contribution in [3.63, 3.8) is 0 Å². The zero-order valence-electron chi connectivity index (χ0n) is 12.2. The fourth-order valence-corrected chi connectivity index (χ4v) is 2.05. The highest BCUT2D eigenvalue weighted by Crippen LogP contribution is 2.34. The maximum Gasteiger partial charge on any atom is 0.410 e. The minimum atomic E-state index is -0.515. The summed E-state index contributed by atoms with van der Waals surface area (Å²) in [6.07, 6.45) is -0.114. The molecule has 110 valence electrons. The normalized spacial score (nSPS) is 17.6. The third kappa shape index (κ3) is 4.38. The van der Waals surface area contributed by atoms with Gasteiger partial charge in [0.2, 0.25) is 0 Å². The largest absolute Gasteiger partial charge is 0.466 e. The number of hydrogen-bond donors (Lipinski definition) is 1. The van der Waals surface area contributed by atoms with E-state index in [1.54, 1.807) is 11.8 Å². The molecule has 6 heteroatoms. The molecule has 19 heavy (non-hydrogen) atoms. The first-order chi connectivity index (χ1) is 8.71. The average Bonchev–Trinajstić information content (AvgIpc) is 2.20. The second kappa shape index (κ2) is 5.77. The first-order valence-electron chi connectivity index (χ1n) is 6.55. The summed E-state index contributed by atoms with van der Waals surface area (Å²) in [4.78, 5) is 24.9. The van der Waals surface area contributed by atoms with E-state index in [-0.39, 0.29) is 23.9 Å². The minimum Gasteiger partial charge on any atom is -0.466 e. The Morgan fingerprint density at radius 1 is 1.32 bits per heavy atom. The third-order valence-electron chi connectivity index (χ3n) is 2.96. The van der Waals surface area contributed by atoms with Crippen LogP contribution in [0, 0.1) is 5.41 Å². The van der Waals surface area contributed by atoms with Crippen molar-refractivity contribution in [2.45, 2.75) is 39.7 Å². The van der Waals surface area contributed by atoms with Crippen molar-refractivity contribution in [1.29, 1.82) is 0 Å². The molecule has 1 aliphatic rings. The second-order valence-corrected chi connectivity index (χ2v) is 6.02. The first-order valence-corrected chi connectivity index (χ1v) is 6.55. The lowest BCUT2D eigenvalue weighted by Crippen LogP contribution is -2.62. The molecule has 1 aliphatic heterocycles. The van der Waals surface area contributed by atoms with Crippen LogP contribution in [-0.4, -0.2) is 48.8 Å². The fourth-order valence-electron chi connectivity index (χ4n) is 2.05.